The van der Waals surface area contributed by atoms with E-state index >= 15 is 0 Å². The molecule has 0 radical (unpaired) electrons. The molecule has 0 aromatic heterocycles. The van der Waals surface area contributed by atoms with Crippen molar-refractivity contribution in [2.45, 2.75) is 141 Å². The first-order chi connectivity index (χ1) is 14.1. The van der Waals surface area contributed by atoms with Gasteiger partial charge in [-0.3, -0.25) is 9.59 Å². The topological polar surface area (TPSA) is 49.4 Å². The number of amides is 2. The van der Waals surface area contributed by atoms with Crippen LogP contribution in [0.15, 0.2) is 0 Å². The molecule has 2 atom stereocenters. The van der Waals surface area contributed by atoms with Crippen molar-refractivity contribution in [3.8, 4) is 0 Å². The van der Waals surface area contributed by atoms with Gasteiger partial charge in [0, 0.05) is 23.5 Å². The summed E-state index contributed by atoms with van der Waals surface area (Å²) in [7, 11) is 0. The molecule has 0 saturated heterocycles. The molecule has 29 heavy (non-hydrogen) atoms. The van der Waals surface area contributed by atoms with Gasteiger partial charge >= 0.3 is 0 Å². The second-order valence-corrected chi connectivity index (χ2v) is 10.3. The molecule has 4 heteroatoms. The Bertz CT molecular complexity index is 495. The van der Waals surface area contributed by atoms with Crippen molar-refractivity contribution in [3.63, 3.8) is 0 Å². The molecule has 3 aliphatic carbocycles. The monoisotopic (exact) mass is 404 g/mol. The summed E-state index contributed by atoms with van der Waals surface area (Å²) < 4.78 is 0. The summed E-state index contributed by atoms with van der Waals surface area (Å²) in [5.41, 5.74) is -0.196. The van der Waals surface area contributed by atoms with Crippen LogP contribution in [-0.2, 0) is 9.59 Å². The van der Waals surface area contributed by atoms with Gasteiger partial charge in [0.15, 0.2) is 0 Å². The van der Waals surface area contributed by atoms with Crippen LogP contribution < -0.4 is 5.32 Å². The van der Waals surface area contributed by atoms with Crippen molar-refractivity contribution < 1.29 is 9.59 Å². The fraction of sp³-hybridized carbons (Fsp3) is 0.920. The van der Waals surface area contributed by atoms with E-state index in [1.54, 1.807) is 0 Å². The third-order valence-electron chi connectivity index (χ3n) is 8.05. The molecule has 4 nitrogen and oxygen atoms in total. The summed E-state index contributed by atoms with van der Waals surface area (Å²) in [6.07, 6.45) is 22.1. The zero-order chi connectivity index (χ0) is 20.5. The Hall–Kier alpha value is -1.06. The van der Waals surface area contributed by atoms with Gasteiger partial charge in [-0.15, -0.1) is 0 Å². The molecule has 3 saturated carbocycles. The number of hydrogen-bond donors (Lipinski definition) is 1. The standard InChI is InChI=1S/C25H44N2O2/c1-25(18-10-3-2-4-12-21(26-20-28)13-9-11-19-25)24(29)27(22-14-5-6-15-22)23-16-7-8-17-23/h20-23H,2-19H2,1H3,(H,26,28). The quantitative estimate of drug-likeness (QED) is 0.594. The van der Waals surface area contributed by atoms with Crippen LogP contribution in [0.25, 0.3) is 0 Å². The molecule has 3 aliphatic rings. The molecular formula is C25H44N2O2. The number of carbonyl (C=O) groups excluding carboxylic acids is 2. The zero-order valence-corrected chi connectivity index (χ0v) is 18.8. The lowest BCUT2D eigenvalue weighted by atomic mass is 9.77. The Morgan fingerprint density at radius 1 is 0.759 bits per heavy atom. The normalized spacial score (nSPS) is 31.0. The minimum Gasteiger partial charge on any atom is -0.356 e. The van der Waals surface area contributed by atoms with Gasteiger partial charge in [0.1, 0.15) is 0 Å². The molecule has 0 heterocycles. The zero-order valence-electron chi connectivity index (χ0n) is 18.8. The molecule has 3 rings (SSSR count). The molecule has 0 spiro atoms. The van der Waals surface area contributed by atoms with Gasteiger partial charge in [0.25, 0.3) is 0 Å². The van der Waals surface area contributed by atoms with Crippen LogP contribution in [0.3, 0.4) is 0 Å². The summed E-state index contributed by atoms with van der Waals surface area (Å²) in [5.74, 6) is 0.482. The maximum Gasteiger partial charge on any atom is 0.229 e. The average Bonchev–Trinajstić information content (AvgIpc) is 3.41. The molecule has 3 fully saturated rings. The van der Waals surface area contributed by atoms with Gasteiger partial charge in [0.2, 0.25) is 12.3 Å². The van der Waals surface area contributed by atoms with Crippen molar-refractivity contribution in [2.75, 3.05) is 0 Å². The van der Waals surface area contributed by atoms with E-state index in [0.717, 1.165) is 51.4 Å². The van der Waals surface area contributed by atoms with Gasteiger partial charge in [0.05, 0.1) is 0 Å². The lowest BCUT2D eigenvalue weighted by Crippen LogP contribution is -2.51. The maximum atomic E-state index is 14.0. The predicted molar refractivity (Wildman–Crippen MR) is 119 cm³/mol. The minimum absolute atomic E-state index is 0.196. The van der Waals surface area contributed by atoms with E-state index in [1.807, 2.05) is 0 Å². The first kappa shape index (κ1) is 22.6. The van der Waals surface area contributed by atoms with Gasteiger partial charge in [-0.2, -0.15) is 0 Å². The third-order valence-corrected chi connectivity index (χ3v) is 8.05. The highest BCUT2D eigenvalue weighted by atomic mass is 16.2. The number of carbonyl (C=O) groups is 2. The van der Waals surface area contributed by atoms with Crippen molar-refractivity contribution in [3.05, 3.63) is 0 Å². The van der Waals surface area contributed by atoms with Crippen molar-refractivity contribution in [1.29, 1.82) is 0 Å². The SMILES string of the molecule is CC1(C(=O)N(C2CCCC2)C2CCCC2)CCCCCCC(NC=O)CCCC1. The smallest absolute Gasteiger partial charge is 0.229 e. The molecule has 0 aromatic rings. The van der Waals surface area contributed by atoms with Crippen LogP contribution in [0.1, 0.15) is 122 Å². The Labute approximate surface area is 178 Å². The summed E-state index contributed by atoms with van der Waals surface area (Å²) in [4.78, 5) is 27.4. The van der Waals surface area contributed by atoms with Gasteiger partial charge < -0.3 is 10.2 Å². The largest absolute Gasteiger partial charge is 0.356 e. The second-order valence-electron chi connectivity index (χ2n) is 10.3. The fourth-order valence-electron chi connectivity index (χ4n) is 6.22. The van der Waals surface area contributed by atoms with Crippen LogP contribution in [0.5, 0.6) is 0 Å². The van der Waals surface area contributed by atoms with E-state index in [1.165, 1.54) is 70.6 Å². The summed E-state index contributed by atoms with van der Waals surface area (Å²) in [5, 5.41) is 3.02. The molecule has 0 bridgehead atoms. The third kappa shape index (κ3) is 6.21. The predicted octanol–water partition coefficient (Wildman–Crippen LogP) is 5.74. The van der Waals surface area contributed by atoms with Crippen molar-refractivity contribution in [1.82, 2.24) is 10.2 Å². The molecular weight excluding hydrogens is 360 g/mol. The molecule has 2 unspecified atom stereocenters. The summed E-state index contributed by atoms with van der Waals surface area (Å²) in [6.45, 7) is 2.28. The van der Waals surface area contributed by atoms with Crippen molar-refractivity contribution >= 4 is 12.3 Å². The van der Waals surface area contributed by atoms with E-state index in [-0.39, 0.29) is 5.41 Å². The van der Waals surface area contributed by atoms with Crippen LogP contribution >= 0.6 is 0 Å². The number of nitrogens with one attached hydrogen (secondary N) is 1. The molecule has 166 valence electrons. The summed E-state index contributed by atoms with van der Waals surface area (Å²) >= 11 is 0. The van der Waals surface area contributed by atoms with Crippen LogP contribution in [0, 0.1) is 5.41 Å². The Morgan fingerprint density at radius 2 is 1.21 bits per heavy atom. The van der Waals surface area contributed by atoms with Crippen molar-refractivity contribution in [2.24, 2.45) is 5.41 Å². The highest BCUT2D eigenvalue weighted by Crippen LogP contribution is 2.40. The lowest BCUT2D eigenvalue weighted by molar-refractivity contribution is -0.147. The molecule has 2 amide bonds. The Balaban J connectivity index is 1.69. The van der Waals surface area contributed by atoms with E-state index in [9.17, 15) is 9.59 Å². The fourth-order valence-corrected chi connectivity index (χ4v) is 6.22. The molecule has 1 N–H and O–H groups in total. The molecule has 0 aliphatic heterocycles. The Morgan fingerprint density at radius 3 is 1.76 bits per heavy atom. The minimum atomic E-state index is -0.196. The van der Waals surface area contributed by atoms with Gasteiger partial charge in [-0.25, -0.2) is 0 Å². The Kier molecular flexibility index (Phi) is 8.86. The van der Waals surface area contributed by atoms with E-state index in [4.69, 9.17) is 0 Å². The van der Waals surface area contributed by atoms with E-state index in [2.05, 4.69) is 17.1 Å². The van der Waals surface area contributed by atoms with Crippen LogP contribution in [0.4, 0.5) is 0 Å². The number of rotatable bonds is 5. The number of nitrogens with zero attached hydrogens (tertiary/aromatic N) is 1. The molecule has 0 aromatic carbocycles. The van der Waals surface area contributed by atoms with Crippen LogP contribution in [-0.4, -0.2) is 35.3 Å². The highest BCUT2D eigenvalue weighted by molar-refractivity contribution is 5.83. The first-order valence-electron chi connectivity index (χ1n) is 12.7. The number of hydrogen-bond acceptors (Lipinski definition) is 2. The lowest BCUT2D eigenvalue weighted by Gasteiger charge is -2.42. The maximum absolute atomic E-state index is 14.0. The second kappa shape index (κ2) is 11.4. The first-order valence-corrected chi connectivity index (χ1v) is 12.7. The summed E-state index contributed by atoms with van der Waals surface area (Å²) in [6, 6.07) is 1.33. The van der Waals surface area contributed by atoms with Crippen LogP contribution in [0.2, 0.25) is 0 Å². The highest BCUT2D eigenvalue weighted by Gasteiger charge is 2.42. The average molecular weight is 405 g/mol. The van der Waals surface area contributed by atoms with E-state index in [0.29, 0.717) is 24.0 Å². The van der Waals surface area contributed by atoms with Gasteiger partial charge in [-0.1, -0.05) is 71.1 Å². The van der Waals surface area contributed by atoms with Gasteiger partial charge in [-0.05, 0) is 51.4 Å². The van der Waals surface area contributed by atoms with E-state index < -0.39 is 0 Å².